The van der Waals surface area contributed by atoms with Crippen LogP contribution in [-0.2, 0) is 6.42 Å². The highest BCUT2D eigenvalue weighted by molar-refractivity contribution is 9.10. The Balaban J connectivity index is 2.55. The minimum atomic E-state index is 0.338. The number of hydrogen-bond donors (Lipinski definition) is 2. The minimum Gasteiger partial charge on any atom is -0.271 e. The molecule has 0 amide bonds. The van der Waals surface area contributed by atoms with E-state index < -0.39 is 0 Å². The summed E-state index contributed by atoms with van der Waals surface area (Å²) < 4.78 is 1.16. The average Bonchev–Trinajstić information content (AvgIpc) is 2.61. The van der Waals surface area contributed by atoms with Gasteiger partial charge in [0.15, 0.2) is 0 Å². The minimum absolute atomic E-state index is 0.338. The van der Waals surface area contributed by atoms with Crippen LogP contribution in [0.4, 0.5) is 0 Å². The third-order valence-electron chi connectivity index (χ3n) is 3.42. The van der Waals surface area contributed by atoms with Crippen molar-refractivity contribution in [1.82, 2.24) is 5.43 Å². The summed E-state index contributed by atoms with van der Waals surface area (Å²) in [5.41, 5.74) is 3.29. The summed E-state index contributed by atoms with van der Waals surface area (Å²) >= 11 is 5.27. The van der Waals surface area contributed by atoms with Crippen LogP contribution in [0.1, 0.15) is 39.0 Å². The molecule has 3 N–H and O–H groups in total. The number of hydrogen-bond acceptors (Lipinski definition) is 3. The highest BCUT2D eigenvalue weighted by Crippen LogP contribution is 2.30. The highest BCUT2D eigenvalue weighted by atomic mass is 79.9. The van der Waals surface area contributed by atoms with Gasteiger partial charge in [0, 0.05) is 20.8 Å². The molecule has 1 heterocycles. The Labute approximate surface area is 117 Å². The van der Waals surface area contributed by atoms with Gasteiger partial charge >= 0.3 is 0 Å². The van der Waals surface area contributed by atoms with Crippen molar-refractivity contribution in [2.45, 2.75) is 46.6 Å². The summed E-state index contributed by atoms with van der Waals surface area (Å²) in [6.07, 6.45) is 2.11. The molecule has 0 aliphatic rings. The second kappa shape index (κ2) is 6.32. The normalized spacial score (nSPS) is 15.9. The first-order valence-electron chi connectivity index (χ1n) is 6.02. The molecule has 4 heteroatoms. The van der Waals surface area contributed by atoms with Crippen molar-refractivity contribution in [3.8, 4) is 0 Å². The van der Waals surface area contributed by atoms with Crippen LogP contribution in [0.25, 0.3) is 0 Å². The average molecular weight is 319 g/mol. The molecule has 98 valence electrons. The van der Waals surface area contributed by atoms with Crippen LogP contribution >= 0.6 is 27.3 Å². The number of halogens is 1. The van der Waals surface area contributed by atoms with E-state index in [-0.39, 0.29) is 0 Å². The van der Waals surface area contributed by atoms with Gasteiger partial charge in [-0.05, 0) is 46.2 Å². The molecule has 1 rings (SSSR count). The van der Waals surface area contributed by atoms with Crippen LogP contribution in [-0.4, -0.2) is 6.04 Å². The summed E-state index contributed by atoms with van der Waals surface area (Å²) in [7, 11) is 0. The smallest absolute Gasteiger partial charge is 0.0285 e. The molecule has 17 heavy (non-hydrogen) atoms. The van der Waals surface area contributed by atoms with Gasteiger partial charge in [-0.3, -0.25) is 11.3 Å². The first kappa shape index (κ1) is 15.2. The maximum absolute atomic E-state index is 5.66. The molecule has 0 spiro atoms. The van der Waals surface area contributed by atoms with Gasteiger partial charge < -0.3 is 0 Å². The molecule has 0 fully saturated rings. The molecule has 0 saturated carbocycles. The van der Waals surface area contributed by atoms with Crippen LogP contribution in [0.3, 0.4) is 0 Å². The van der Waals surface area contributed by atoms with Gasteiger partial charge in [-0.2, -0.15) is 0 Å². The molecule has 1 aromatic rings. The Kier molecular flexibility index (Phi) is 5.64. The topological polar surface area (TPSA) is 38.0 Å². The quantitative estimate of drug-likeness (QED) is 0.637. The predicted octanol–water partition coefficient (Wildman–Crippen LogP) is 3.96. The van der Waals surface area contributed by atoms with Gasteiger partial charge in [-0.15, -0.1) is 11.3 Å². The monoisotopic (exact) mass is 318 g/mol. The summed E-state index contributed by atoms with van der Waals surface area (Å²) in [4.78, 5) is 1.38. The first-order chi connectivity index (χ1) is 7.82. The summed E-state index contributed by atoms with van der Waals surface area (Å²) in [6, 6.07) is 2.53. The zero-order chi connectivity index (χ0) is 13.1. The van der Waals surface area contributed by atoms with Crippen molar-refractivity contribution in [3.05, 3.63) is 20.8 Å². The van der Waals surface area contributed by atoms with E-state index in [1.807, 2.05) is 0 Å². The third kappa shape index (κ3) is 5.08. The zero-order valence-electron chi connectivity index (χ0n) is 11.1. The number of nitrogens with two attached hydrogens (primary N) is 1. The third-order valence-corrected chi connectivity index (χ3v) is 5.14. The second-order valence-electron chi connectivity index (χ2n) is 5.80. The van der Waals surface area contributed by atoms with E-state index in [4.69, 9.17) is 5.84 Å². The molecule has 2 unspecified atom stereocenters. The van der Waals surface area contributed by atoms with E-state index in [2.05, 4.69) is 60.5 Å². The Morgan fingerprint density at radius 3 is 2.53 bits per heavy atom. The van der Waals surface area contributed by atoms with E-state index in [9.17, 15) is 0 Å². The molecule has 2 nitrogen and oxygen atoms in total. The summed E-state index contributed by atoms with van der Waals surface area (Å²) in [6.45, 7) is 9.15. The molecule has 0 bridgehead atoms. The van der Waals surface area contributed by atoms with E-state index in [1.54, 1.807) is 11.3 Å². The maximum atomic E-state index is 5.66. The fourth-order valence-corrected chi connectivity index (χ4v) is 3.23. The van der Waals surface area contributed by atoms with Gasteiger partial charge in [0.05, 0.1) is 0 Å². The second-order valence-corrected chi connectivity index (χ2v) is 7.71. The lowest BCUT2D eigenvalue weighted by molar-refractivity contribution is 0.222. The first-order valence-corrected chi connectivity index (χ1v) is 7.69. The van der Waals surface area contributed by atoms with Gasteiger partial charge in [0.1, 0.15) is 0 Å². The van der Waals surface area contributed by atoms with Crippen LogP contribution < -0.4 is 11.3 Å². The van der Waals surface area contributed by atoms with E-state index in [0.29, 0.717) is 17.4 Å². The lowest BCUT2D eigenvalue weighted by Gasteiger charge is -2.30. The van der Waals surface area contributed by atoms with Gasteiger partial charge in [0.25, 0.3) is 0 Å². The summed E-state index contributed by atoms with van der Waals surface area (Å²) in [5, 5.41) is 2.12. The highest BCUT2D eigenvalue weighted by Gasteiger charge is 2.23. The largest absolute Gasteiger partial charge is 0.271 e. The molecule has 2 atom stereocenters. The maximum Gasteiger partial charge on any atom is 0.0285 e. The van der Waals surface area contributed by atoms with Crippen molar-refractivity contribution in [1.29, 1.82) is 0 Å². The Morgan fingerprint density at radius 2 is 2.12 bits per heavy atom. The zero-order valence-corrected chi connectivity index (χ0v) is 13.5. The number of thiophene rings is 1. The van der Waals surface area contributed by atoms with Crippen molar-refractivity contribution in [2.24, 2.45) is 17.2 Å². The van der Waals surface area contributed by atoms with E-state index in [0.717, 1.165) is 17.3 Å². The van der Waals surface area contributed by atoms with Crippen molar-refractivity contribution in [3.63, 3.8) is 0 Å². The molecule has 0 aromatic carbocycles. The molecular weight excluding hydrogens is 296 g/mol. The van der Waals surface area contributed by atoms with Crippen LogP contribution in [0.5, 0.6) is 0 Å². The van der Waals surface area contributed by atoms with Crippen molar-refractivity contribution < 1.29 is 0 Å². The Bertz CT molecular complexity index is 343. The Morgan fingerprint density at radius 1 is 1.47 bits per heavy atom. The fourth-order valence-electron chi connectivity index (χ4n) is 1.69. The lowest BCUT2D eigenvalue weighted by atomic mass is 9.78. The molecule has 1 aromatic heterocycles. The number of hydrazine groups is 1. The number of rotatable bonds is 5. The standard InChI is InChI=1S/C13H23BrN2S/c1-9(13(2,3)4)5-11(16-15)7-12-6-10(14)8-17-12/h6,8-9,11,16H,5,7,15H2,1-4H3. The van der Waals surface area contributed by atoms with Crippen LogP contribution in [0, 0.1) is 11.3 Å². The van der Waals surface area contributed by atoms with Gasteiger partial charge in [-0.1, -0.05) is 27.7 Å². The fraction of sp³-hybridized carbons (Fsp3) is 0.692. The number of nitrogens with one attached hydrogen (secondary N) is 1. The van der Waals surface area contributed by atoms with Crippen LogP contribution in [0.2, 0.25) is 0 Å². The van der Waals surface area contributed by atoms with Gasteiger partial charge in [-0.25, -0.2) is 0 Å². The molecule has 0 radical (unpaired) electrons. The molecule has 0 saturated heterocycles. The van der Waals surface area contributed by atoms with E-state index >= 15 is 0 Å². The van der Waals surface area contributed by atoms with Crippen LogP contribution in [0.15, 0.2) is 15.9 Å². The Hall–Kier alpha value is 0.1000. The van der Waals surface area contributed by atoms with Crippen molar-refractivity contribution in [2.75, 3.05) is 0 Å². The predicted molar refractivity (Wildman–Crippen MR) is 80.1 cm³/mol. The van der Waals surface area contributed by atoms with E-state index in [1.165, 1.54) is 4.88 Å². The van der Waals surface area contributed by atoms with Gasteiger partial charge in [0.2, 0.25) is 0 Å². The molecule has 0 aliphatic heterocycles. The summed E-state index contributed by atoms with van der Waals surface area (Å²) in [5.74, 6) is 6.31. The SMILES string of the molecule is CC(CC(Cc1cc(Br)cs1)NN)C(C)(C)C. The lowest BCUT2D eigenvalue weighted by Crippen LogP contribution is -2.39. The van der Waals surface area contributed by atoms with Crippen molar-refractivity contribution >= 4 is 27.3 Å². The molecule has 0 aliphatic carbocycles. The molecular formula is C13H23BrN2S.